The second kappa shape index (κ2) is 6.01. The van der Waals surface area contributed by atoms with Gasteiger partial charge in [-0.15, -0.1) is 0 Å². The summed E-state index contributed by atoms with van der Waals surface area (Å²) in [4.78, 5) is 12.3. The smallest absolute Gasteiger partial charge is 0.223 e. The molecule has 1 heterocycles. The second-order valence-corrected chi connectivity index (χ2v) is 5.22. The van der Waals surface area contributed by atoms with E-state index in [9.17, 15) is 4.79 Å². The molecule has 0 aliphatic carbocycles. The van der Waals surface area contributed by atoms with Crippen molar-refractivity contribution in [2.45, 2.75) is 26.3 Å². The highest BCUT2D eigenvalue weighted by Gasteiger charge is 2.28. The molecular formula is C15H22N2O. The van der Waals surface area contributed by atoms with E-state index < -0.39 is 0 Å². The highest BCUT2D eigenvalue weighted by molar-refractivity contribution is 5.79. The highest BCUT2D eigenvalue weighted by atomic mass is 16.1. The average Bonchev–Trinajstić information content (AvgIpc) is 2.40. The van der Waals surface area contributed by atoms with Gasteiger partial charge in [0.2, 0.25) is 5.91 Å². The molecule has 2 unspecified atom stereocenters. The van der Waals surface area contributed by atoms with Crippen molar-refractivity contribution in [2.75, 3.05) is 13.1 Å². The fourth-order valence-electron chi connectivity index (χ4n) is 2.55. The van der Waals surface area contributed by atoms with Crippen molar-refractivity contribution in [3.63, 3.8) is 0 Å². The lowest BCUT2D eigenvalue weighted by Crippen LogP contribution is -2.44. The minimum absolute atomic E-state index is 0.0841. The van der Waals surface area contributed by atoms with Crippen LogP contribution >= 0.6 is 0 Å². The summed E-state index contributed by atoms with van der Waals surface area (Å²) in [6.45, 7) is 6.07. The molecule has 2 N–H and O–H groups in total. The summed E-state index contributed by atoms with van der Waals surface area (Å²) < 4.78 is 0. The minimum atomic E-state index is 0.0841. The molecule has 1 fully saturated rings. The Morgan fingerprint density at radius 3 is 2.78 bits per heavy atom. The van der Waals surface area contributed by atoms with Crippen LogP contribution in [0.3, 0.4) is 0 Å². The topological polar surface area (TPSA) is 41.1 Å². The van der Waals surface area contributed by atoms with Crippen LogP contribution in [0.2, 0.25) is 0 Å². The van der Waals surface area contributed by atoms with Gasteiger partial charge in [-0.3, -0.25) is 4.79 Å². The Morgan fingerprint density at radius 1 is 1.39 bits per heavy atom. The summed E-state index contributed by atoms with van der Waals surface area (Å²) in [7, 11) is 0. The lowest BCUT2D eigenvalue weighted by Gasteiger charge is -2.29. The highest BCUT2D eigenvalue weighted by Crippen LogP contribution is 2.20. The maximum Gasteiger partial charge on any atom is 0.223 e. The fourth-order valence-corrected chi connectivity index (χ4v) is 2.55. The number of benzene rings is 1. The van der Waals surface area contributed by atoms with Crippen molar-refractivity contribution in [2.24, 2.45) is 11.8 Å². The Balaban J connectivity index is 1.94. The molecule has 2 rings (SSSR count). The fraction of sp³-hybridized carbons (Fsp3) is 0.533. The minimum Gasteiger partial charge on any atom is -0.349 e. The first-order valence-electron chi connectivity index (χ1n) is 6.74. The number of piperidine rings is 1. The number of amides is 1. The van der Waals surface area contributed by atoms with Crippen molar-refractivity contribution in [3.05, 3.63) is 35.9 Å². The van der Waals surface area contributed by atoms with E-state index >= 15 is 0 Å². The van der Waals surface area contributed by atoms with E-state index in [-0.39, 0.29) is 17.9 Å². The maximum absolute atomic E-state index is 12.3. The van der Waals surface area contributed by atoms with Gasteiger partial charge < -0.3 is 10.6 Å². The van der Waals surface area contributed by atoms with E-state index in [1.54, 1.807) is 0 Å². The van der Waals surface area contributed by atoms with Crippen molar-refractivity contribution in [1.29, 1.82) is 0 Å². The summed E-state index contributed by atoms with van der Waals surface area (Å²) >= 11 is 0. The van der Waals surface area contributed by atoms with Crippen molar-refractivity contribution in [1.82, 2.24) is 10.6 Å². The van der Waals surface area contributed by atoms with E-state index in [0.717, 1.165) is 25.1 Å². The molecule has 1 aliphatic heterocycles. The van der Waals surface area contributed by atoms with Crippen LogP contribution in [0.5, 0.6) is 0 Å². The van der Waals surface area contributed by atoms with Gasteiger partial charge in [0.25, 0.3) is 0 Å². The van der Waals surface area contributed by atoms with Crippen LogP contribution < -0.4 is 10.6 Å². The molecule has 0 aromatic heterocycles. The molecular weight excluding hydrogens is 224 g/mol. The quantitative estimate of drug-likeness (QED) is 0.857. The number of carbonyl (C=O) groups is 1. The summed E-state index contributed by atoms with van der Waals surface area (Å²) in [5.74, 6) is 0.763. The molecule has 1 amide bonds. The predicted octanol–water partition coefficient (Wildman–Crippen LogP) is 2.11. The first kappa shape index (κ1) is 13.1. The third-order valence-corrected chi connectivity index (χ3v) is 3.78. The zero-order chi connectivity index (χ0) is 13.0. The third kappa shape index (κ3) is 3.10. The van der Waals surface area contributed by atoms with Gasteiger partial charge in [0.05, 0.1) is 6.04 Å². The molecule has 1 aromatic rings. The van der Waals surface area contributed by atoms with E-state index in [1.807, 2.05) is 25.1 Å². The monoisotopic (exact) mass is 246 g/mol. The van der Waals surface area contributed by atoms with E-state index in [1.165, 1.54) is 0 Å². The molecule has 0 radical (unpaired) electrons. The van der Waals surface area contributed by atoms with Crippen LogP contribution in [0.25, 0.3) is 0 Å². The molecule has 0 spiro atoms. The Kier molecular flexibility index (Phi) is 4.37. The SMILES string of the molecule is CC1CNCCC1C(=O)N[C@@H](C)c1ccccc1. The predicted molar refractivity (Wildman–Crippen MR) is 73.1 cm³/mol. The third-order valence-electron chi connectivity index (χ3n) is 3.78. The number of hydrogen-bond acceptors (Lipinski definition) is 2. The Labute approximate surface area is 109 Å². The van der Waals surface area contributed by atoms with Gasteiger partial charge >= 0.3 is 0 Å². The van der Waals surface area contributed by atoms with Crippen LogP contribution in [0.4, 0.5) is 0 Å². The molecule has 18 heavy (non-hydrogen) atoms. The number of rotatable bonds is 3. The summed E-state index contributed by atoms with van der Waals surface area (Å²) in [5.41, 5.74) is 1.16. The van der Waals surface area contributed by atoms with Crippen LogP contribution in [0, 0.1) is 11.8 Å². The van der Waals surface area contributed by atoms with Crippen LogP contribution in [0.15, 0.2) is 30.3 Å². The molecule has 3 heteroatoms. The van der Waals surface area contributed by atoms with Gasteiger partial charge in [0.1, 0.15) is 0 Å². The van der Waals surface area contributed by atoms with Gasteiger partial charge in [-0.2, -0.15) is 0 Å². The van der Waals surface area contributed by atoms with Gasteiger partial charge in [0, 0.05) is 5.92 Å². The molecule has 1 aromatic carbocycles. The summed E-state index contributed by atoms with van der Waals surface area (Å²) in [6, 6.07) is 10.2. The first-order chi connectivity index (χ1) is 8.68. The van der Waals surface area contributed by atoms with Gasteiger partial charge in [-0.05, 0) is 37.9 Å². The summed E-state index contributed by atoms with van der Waals surface area (Å²) in [5, 5.41) is 6.45. The molecule has 3 nitrogen and oxygen atoms in total. The molecule has 0 bridgehead atoms. The van der Waals surface area contributed by atoms with Crippen molar-refractivity contribution < 1.29 is 4.79 Å². The normalized spacial score (nSPS) is 25.4. The van der Waals surface area contributed by atoms with Gasteiger partial charge in [0.15, 0.2) is 0 Å². The maximum atomic E-state index is 12.3. The van der Waals surface area contributed by atoms with Crippen molar-refractivity contribution in [3.8, 4) is 0 Å². The van der Waals surface area contributed by atoms with Crippen LogP contribution in [0.1, 0.15) is 31.9 Å². The molecule has 98 valence electrons. The number of hydrogen-bond donors (Lipinski definition) is 2. The molecule has 0 saturated carbocycles. The number of nitrogens with one attached hydrogen (secondary N) is 2. The van der Waals surface area contributed by atoms with Crippen LogP contribution in [-0.4, -0.2) is 19.0 Å². The van der Waals surface area contributed by atoms with Crippen molar-refractivity contribution >= 4 is 5.91 Å². The Hall–Kier alpha value is -1.35. The lowest BCUT2D eigenvalue weighted by molar-refractivity contribution is -0.127. The van der Waals surface area contributed by atoms with Gasteiger partial charge in [-0.1, -0.05) is 37.3 Å². The first-order valence-corrected chi connectivity index (χ1v) is 6.74. The Bertz CT molecular complexity index is 391. The zero-order valence-electron chi connectivity index (χ0n) is 11.1. The summed E-state index contributed by atoms with van der Waals surface area (Å²) in [6.07, 6.45) is 0.939. The molecule has 3 atom stereocenters. The standard InChI is InChI=1S/C15H22N2O/c1-11-10-16-9-8-14(11)15(18)17-12(2)13-6-4-3-5-7-13/h3-7,11-12,14,16H,8-10H2,1-2H3,(H,17,18)/t11?,12-,14?/m0/s1. The lowest BCUT2D eigenvalue weighted by atomic mass is 9.87. The van der Waals surface area contributed by atoms with Crippen LogP contribution in [-0.2, 0) is 4.79 Å². The van der Waals surface area contributed by atoms with Gasteiger partial charge in [-0.25, -0.2) is 0 Å². The number of carbonyl (C=O) groups excluding carboxylic acids is 1. The van der Waals surface area contributed by atoms with E-state index in [4.69, 9.17) is 0 Å². The van der Waals surface area contributed by atoms with E-state index in [0.29, 0.717) is 5.92 Å². The second-order valence-electron chi connectivity index (χ2n) is 5.22. The average molecular weight is 246 g/mol. The Morgan fingerprint density at radius 2 is 2.11 bits per heavy atom. The van der Waals surface area contributed by atoms with E-state index in [2.05, 4.69) is 29.7 Å². The largest absolute Gasteiger partial charge is 0.349 e. The zero-order valence-corrected chi connectivity index (χ0v) is 11.1. The molecule has 1 saturated heterocycles. The molecule has 1 aliphatic rings.